The lowest BCUT2D eigenvalue weighted by molar-refractivity contribution is 0.292. The van der Waals surface area contributed by atoms with Crippen molar-refractivity contribution in [1.29, 1.82) is 0 Å². The van der Waals surface area contributed by atoms with Gasteiger partial charge in [0, 0.05) is 33.3 Å². The molecule has 0 amide bonds. The summed E-state index contributed by atoms with van der Waals surface area (Å²) in [5, 5.41) is 3.54. The molecule has 100 valence electrons. The van der Waals surface area contributed by atoms with E-state index in [9.17, 15) is 4.21 Å². The average molecular weight is 330 g/mol. The first-order valence-corrected chi connectivity index (χ1v) is 8.96. The molecule has 2 rings (SSSR count). The number of benzene rings is 1. The number of hydrogen-bond acceptors (Lipinski definition) is 2. The molecule has 4 heteroatoms. The summed E-state index contributed by atoms with van der Waals surface area (Å²) in [5.41, 5.74) is 1.44. The summed E-state index contributed by atoms with van der Waals surface area (Å²) in [6.07, 6.45) is 5.24. The van der Waals surface area contributed by atoms with E-state index in [4.69, 9.17) is 0 Å². The van der Waals surface area contributed by atoms with Gasteiger partial charge in [-0.15, -0.1) is 0 Å². The maximum Gasteiger partial charge on any atom is 0.0244 e. The van der Waals surface area contributed by atoms with E-state index in [2.05, 4.69) is 45.5 Å². The van der Waals surface area contributed by atoms with Crippen LogP contribution in [-0.2, 0) is 10.8 Å². The summed E-state index contributed by atoms with van der Waals surface area (Å²) in [6.45, 7) is 0.995. The van der Waals surface area contributed by atoms with E-state index >= 15 is 0 Å². The molecule has 0 radical (unpaired) electrons. The van der Waals surface area contributed by atoms with Gasteiger partial charge in [0.15, 0.2) is 0 Å². The second kappa shape index (κ2) is 6.83. The Balaban J connectivity index is 1.66. The molecule has 2 nitrogen and oxygen atoms in total. The first-order valence-electron chi connectivity index (χ1n) is 6.44. The van der Waals surface area contributed by atoms with E-state index in [1.165, 1.54) is 22.9 Å². The highest BCUT2D eigenvalue weighted by Gasteiger charge is 2.29. The molecule has 1 aromatic carbocycles. The third kappa shape index (κ3) is 4.18. The van der Waals surface area contributed by atoms with Crippen LogP contribution in [0.3, 0.4) is 0 Å². The average Bonchev–Trinajstić information content (AvgIpc) is 2.25. The maximum atomic E-state index is 10.9. The van der Waals surface area contributed by atoms with E-state index in [0.717, 1.165) is 18.7 Å². The summed E-state index contributed by atoms with van der Waals surface area (Å²) in [6, 6.07) is 9.27. The Morgan fingerprint density at radius 3 is 2.89 bits per heavy atom. The Bertz CT molecular complexity index is 418. The van der Waals surface area contributed by atoms with Crippen molar-refractivity contribution in [2.24, 2.45) is 0 Å². The van der Waals surface area contributed by atoms with Crippen LogP contribution < -0.4 is 5.32 Å². The van der Waals surface area contributed by atoms with Gasteiger partial charge >= 0.3 is 0 Å². The molecule has 1 saturated carbocycles. The predicted octanol–water partition coefficient (Wildman–Crippen LogP) is 3.05. The molecule has 0 spiro atoms. The van der Waals surface area contributed by atoms with Crippen LogP contribution >= 0.6 is 15.9 Å². The highest BCUT2D eigenvalue weighted by atomic mass is 79.9. The van der Waals surface area contributed by atoms with E-state index in [0.29, 0.717) is 12.0 Å². The van der Waals surface area contributed by atoms with Crippen molar-refractivity contribution >= 4 is 26.7 Å². The van der Waals surface area contributed by atoms with Gasteiger partial charge in [0.2, 0.25) is 0 Å². The predicted molar refractivity (Wildman–Crippen MR) is 81.5 cm³/mol. The summed E-state index contributed by atoms with van der Waals surface area (Å²) in [5.74, 6) is 1.52. The number of nitrogens with one attached hydrogen (secondary N) is 1. The Hall–Kier alpha value is -0.190. The summed E-state index contributed by atoms with van der Waals surface area (Å²) in [7, 11) is -0.649. The third-order valence-corrected chi connectivity index (χ3v) is 4.86. The molecule has 0 bridgehead atoms. The van der Waals surface area contributed by atoms with Crippen molar-refractivity contribution in [1.82, 2.24) is 5.32 Å². The van der Waals surface area contributed by atoms with Crippen LogP contribution in [0.4, 0.5) is 0 Å². The number of hydrogen-bond donors (Lipinski definition) is 1. The van der Waals surface area contributed by atoms with Gasteiger partial charge in [0.1, 0.15) is 0 Å². The van der Waals surface area contributed by atoms with E-state index in [-0.39, 0.29) is 0 Å². The lowest BCUT2D eigenvalue weighted by Crippen LogP contribution is -2.40. The molecular weight excluding hydrogens is 310 g/mol. The van der Waals surface area contributed by atoms with E-state index in [1.807, 2.05) is 0 Å². The van der Waals surface area contributed by atoms with Gasteiger partial charge in [0.05, 0.1) is 0 Å². The fourth-order valence-electron chi connectivity index (χ4n) is 2.40. The minimum absolute atomic E-state index is 0.649. The molecule has 0 saturated heterocycles. The normalized spacial score (nSPS) is 24.6. The Morgan fingerprint density at radius 1 is 1.44 bits per heavy atom. The first kappa shape index (κ1) is 14.2. The fourth-order valence-corrected chi connectivity index (χ4v) is 3.37. The molecule has 0 aromatic heterocycles. The minimum Gasteiger partial charge on any atom is -0.314 e. The van der Waals surface area contributed by atoms with Gasteiger partial charge in [-0.25, -0.2) is 0 Å². The second-order valence-electron chi connectivity index (χ2n) is 5.01. The van der Waals surface area contributed by atoms with Crippen LogP contribution in [0.2, 0.25) is 0 Å². The van der Waals surface area contributed by atoms with Crippen LogP contribution in [0.25, 0.3) is 0 Å². The van der Waals surface area contributed by atoms with Crippen LogP contribution in [-0.4, -0.2) is 28.8 Å². The van der Waals surface area contributed by atoms with Crippen molar-refractivity contribution < 1.29 is 4.21 Å². The molecule has 1 N–H and O–H groups in total. The molecule has 0 aliphatic heterocycles. The van der Waals surface area contributed by atoms with Gasteiger partial charge in [-0.1, -0.05) is 28.1 Å². The quantitative estimate of drug-likeness (QED) is 0.813. The molecule has 0 heterocycles. The largest absolute Gasteiger partial charge is 0.314 e. The minimum atomic E-state index is -0.649. The van der Waals surface area contributed by atoms with Crippen molar-refractivity contribution in [2.45, 2.75) is 31.2 Å². The zero-order valence-corrected chi connectivity index (χ0v) is 13.1. The van der Waals surface area contributed by atoms with Crippen LogP contribution in [0.15, 0.2) is 28.7 Å². The topological polar surface area (TPSA) is 29.1 Å². The van der Waals surface area contributed by atoms with Gasteiger partial charge in [-0.3, -0.25) is 4.21 Å². The first-order chi connectivity index (χ1) is 8.65. The van der Waals surface area contributed by atoms with Crippen molar-refractivity contribution in [3.8, 4) is 0 Å². The molecule has 1 aliphatic carbocycles. The van der Waals surface area contributed by atoms with Crippen molar-refractivity contribution in [3.63, 3.8) is 0 Å². The van der Waals surface area contributed by atoms with E-state index < -0.39 is 10.8 Å². The van der Waals surface area contributed by atoms with Crippen molar-refractivity contribution in [2.75, 3.05) is 18.6 Å². The summed E-state index contributed by atoms with van der Waals surface area (Å²) < 4.78 is 12.1. The van der Waals surface area contributed by atoms with Gasteiger partial charge in [0.25, 0.3) is 0 Å². The fraction of sp³-hybridized carbons (Fsp3) is 0.571. The second-order valence-corrected chi connectivity index (χ2v) is 7.48. The molecule has 18 heavy (non-hydrogen) atoms. The Kier molecular flexibility index (Phi) is 5.39. The highest BCUT2D eigenvalue weighted by Crippen LogP contribution is 2.37. The third-order valence-electron chi connectivity index (χ3n) is 3.50. The monoisotopic (exact) mass is 329 g/mol. The van der Waals surface area contributed by atoms with Crippen LogP contribution in [0.5, 0.6) is 0 Å². The summed E-state index contributed by atoms with van der Waals surface area (Å²) >= 11 is 3.52. The molecule has 1 unspecified atom stereocenters. The zero-order chi connectivity index (χ0) is 13.0. The Labute approximate surface area is 120 Å². The molecule has 1 aromatic rings. The lowest BCUT2D eigenvalue weighted by atomic mass is 9.76. The molecule has 1 fully saturated rings. The van der Waals surface area contributed by atoms with Crippen LogP contribution in [0, 0.1) is 0 Å². The Morgan fingerprint density at radius 2 is 2.22 bits per heavy atom. The smallest absolute Gasteiger partial charge is 0.0244 e. The standard InChI is InChI=1S/C14H20BrNOS/c1-18(17)7-3-6-16-14-9-12(10-14)11-4-2-5-13(15)8-11/h2,4-5,8,12,14,16H,3,6-7,9-10H2,1H3. The SMILES string of the molecule is CS(=O)CCCNC1CC(c2cccc(Br)c2)C1. The molecule has 1 aliphatic rings. The van der Waals surface area contributed by atoms with Gasteiger partial charge in [-0.05, 0) is 49.4 Å². The van der Waals surface area contributed by atoms with Crippen molar-refractivity contribution in [3.05, 3.63) is 34.3 Å². The zero-order valence-electron chi connectivity index (χ0n) is 10.7. The lowest BCUT2D eigenvalue weighted by Gasteiger charge is -2.36. The van der Waals surface area contributed by atoms with Crippen LogP contribution in [0.1, 0.15) is 30.7 Å². The summed E-state index contributed by atoms with van der Waals surface area (Å²) in [4.78, 5) is 0. The number of halogens is 1. The maximum absolute atomic E-state index is 10.9. The number of rotatable bonds is 6. The molecule has 1 atom stereocenters. The van der Waals surface area contributed by atoms with Gasteiger partial charge in [-0.2, -0.15) is 0 Å². The van der Waals surface area contributed by atoms with Gasteiger partial charge < -0.3 is 5.32 Å². The molecular formula is C14H20BrNOS. The highest BCUT2D eigenvalue weighted by molar-refractivity contribution is 9.10. The van der Waals surface area contributed by atoms with E-state index in [1.54, 1.807) is 6.26 Å².